The summed E-state index contributed by atoms with van der Waals surface area (Å²) >= 11 is 0. The molecule has 0 aliphatic carbocycles. The van der Waals surface area contributed by atoms with Gasteiger partial charge >= 0.3 is 0 Å². The smallest absolute Gasteiger partial charge is 0.137 e. The molecular formula is C18H32NO3+. The lowest BCUT2D eigenvalue weighted by molar-refractivity contribution is -0.661. The van der Waals surface area contributed by atoms with E-state index in [1.165, 1.54) is 5.56 Å². The van der Waals surface area contributed by atoms with Gasteiger partial charge in [0, 0.05) is 6.42 Å². The second kappa shape index (κ2) is 9.82. The highest BCUT2D eigenvalue weighted by Gasteiger charge is 2.11. The van der Waals surface area contributed by atoms with Crippen molar-refractivity contribution in [2.45, 2.75) is 53.2 Å². The fourth-order valence-electron chi connectivity index (χ4n) is 2.25. The van der Waals surface area contributed by atoms with Gasteiger partial charge in [-0.2, -0.15) is 0 Å². The van der Waals surface area contributed by atoms with Crippen LogP contribution in [0.3, 0.4) is 0 Å². The average molecular weight is 310 g/mol. The number of nitrogens with two attached hydrogens (primary N) is 1. The minimum absolute atomic E-state index is 0.291. The molecule has 0 saturated carbocycles. The summed E-state index contributed by atoms with van der Waals surface area (Å²) in [6.45, 7) is 13.0. The molecule has 3 N–H and O–H groups in total. The minimum atomic E-state index is -0.453. The first-order chi connectivity index (χ1) is 10.4. The van der Waals surface area contributed by atoms with Crippen LogP contribution in [0.2, 0.25) is 0 Å². The predicted octanol–water partition coefficient (Wildman–Crippen LogP) is 1.73. The van der Waals surface area contributed by atoms with Gasteiger partial charge in [-0.05, 0) is 51.3 Å². The largest absolute Gasteiger partial charge is 0.490 e. The van der Waals surface area contributed by atoms with Crippen LogP contribution in [0.4, 0.5) is 0 Å². The van der Waals surface area contributed by atoms with Gasteiger partial charge in [-0.25, -0.2) is 0 Å². The molecular weight excluding hydrogens is 278 g/mol. The molecule has 1 atom stereocenters. The van der Waals surface area contributed by atoms with E-state index in [1.54, 1.807) is 0 Å². The van der Waals surface area contributed by atoms with Crippen molar-refractivity contribution < 1.29 is 19.9 Å². The highest BCUT2D eigenvalue weighted by Crippen LogP contribution is 2.25. The van der Waals surface area contributed by atoms with Crippen LogP contribution in [0, 0.1) is 20.8 Å². The Morgan fingerprint density at radius 3 is 2.50 bits per heavy atom. The summed E-state index contributed by atoms with van der Waals surface area (Å²) < 4.78 is 11.3. The molecule has 22 heavy (non-hydrogen) atoms. The van der Waals surface area contributed by atoms with E-state index in [0.29, 0.717) is 19.3 Å². The van der Waals surface area contributed by atoms with Crippen molar-refractivity contribution in [3.8, 4) is 5.75 Å². The summed E-state index contributed by atoms with van der Waals surface area (Å²) in [5, 5.41) is 12.1. The first kappa shape index (κ1) is 18.9. The Morgan fingerprint density at radius 2 is 1.82 bits per heavy atom. The van der Waals surface area contributed by atoms with Gasteiger partial charge in [-0.15, -0.1) is 0 Å². The molecule has 0 heterocycles. The van der Waals surface area contributed by atoms with Crippen LogP contribution in [0.5, 0.6) is 5.75 Å². The molecule has 1 aromatic rings. The second-order valence-electron chi connectivity index (χ2n) is 6.20. The van der Waals surface area contributed by atoms with Crippen LogP contribution in [0.25, 0.3) is 0 Å². The van der Waals surface area contributed by atoms with Crippen LogP contribution in [-0.4, -0.2) is 43.6 Å². The molecule has 0 bridgehead atoms. The molecule has 0 aliphatic rings. The SMILES string of the molecule is Cc1ccc(C)c(OC[C@@H](O)C[NH2+]CCCOC(C)C)c1C. The van der Waals surface area contributed by atoms with Gasteiger partial charge in [0.25, 0.3) is 0 Å². The highest BCUT2D eigenvalue weighted by atomic mass is 16.5. The number of aliphatic hydroxyl groups is 1. The van der Waals surface area contributed by atoms with Gasteiger partial charge in [0.15, 0.2) is 0 Å². The lowest BCUT2D eigenvalue weighted by Gasteiger charge is -2.16. The van der Waals surface area contributed by atoms with E-state index in [0.717, 1.165) is 36.4 Å². The lowest BCUT2D eigenvalue weighted by Crippen LogP contribution is -2.86. The van der Waals surface area contributed by atoms with Gasteiger partial charge in [0.05, 0.1) is 19.3 Å². The number of quaternary nitrogens is 1. The molecule has 0 saturated heterocycles. The maximum absolute atomic E-state index is 10.0. The third-order valence-corrected chi connectivity index (χ3v) is 3.74. The van der Waals surface area contributed by atoms with Crippen LogP contribution in [0.15, 0.2) is 12.1 Å². The number of hydrogen-bond donors (Lipinski definition) is 2. The van der Waals surface area contributed by atoms with E-state index in [9.17, 15) is 5.11 Å². The zero-order valence-corrected chi connectivity index (χ0v) is 14.7. The predicted molar refractivity (Wildman–Crippen MR) is 89.5 cm³/mol. The van der Waals surface area contributed by atoms with Gasteiger partial charge in [0.2, 0.25) is 0 Å². The van der Waals surface area contributed by atoms with Crippen molar-refractivity contribution in [3.63, 3.8) is 0 Å². The van der Waals surface area contributed by atoms with E-state index in [4.69, 9.17) is 9.47 Å². The Balaban J connectivity index is 2.24. The fourth-order valence-corrected chi connectivity index (χ4v) is 2.25. The third kappa shape index (κ3) is 6.77. The summed E-state index contributed by atoms with van der Waals surface area (Å²) in [5.74, 6) is 0.907. The molecule has 126 valence electrons. The van der Waals surface area contributed by atoms with Gasteiger partial charge in [-0.1, -0.05) is 12.1 Å². The summed E-state index contributed by atoms with van der Waals surface area (Å²) in [5.41, 5.74) is 3.49. The highest BCUT2D eigenvalue weighted by molar-refractivity contribution is 5.44. The van der Waals surface area contributed by atoms with Gasteiger partial charge in [0.1, 0.15) is 25.0 Å². The number of ether oxygens (including phenoxy) is 2. The Kier molecular flexibility index (Phi) is 8.46. The molecule has 1 rings (SSSR count). The number of rotatable bonds is 10. The summed E-state index contributed by atoms with van der Waals surface area (Å²) in [6.07, 6.45) is 0.840. The monoisotopic (exact) mass is 310 g/mol. The van der Waals surface area contributed by atoms with Crippen molar-refractivity contribution in [3.05, 3.63) is 28.8 Å². The molecule has 0 amide bonds. The molecule has 4 heteroatoms. The quantitative estimate of drug-likeness (QED) is 0.647. The maximum Gasteiger partial charge on any atom is 0.137 e. The summed E-state index contributed by atoms with van der Waals surface area (Å²) in [4.78, 5) is 0. The standard InChI is InChI=1S/C18H31NO3/c1-13(2)21-10-6-9-19-11-17(20)12-22-18-15(4)8-7-14(3)16(18)5/h7-8,13,17,19-20H,6,9-12H2,1-5H3/p+1/t17-/m0/s1. The molecule has 0 aromatic heterocycles. The topological polar surface area (TPSA) is 55.3 Å². The summed E-state index contributed by atoms with van der Waals surface area (Å²) in [6, 6.07) is 4.16. The van der Waals surface area contributed by atoms with E-state index in [2.05, 4.69) is 31.3 Å². The van der Waals surface area contributed by atoms with E-state index in [-0.39, 0.29) is 0 Å². The third-order valence-electron chi connectivity index (χ3n) is 3.74. The molecule has 4 nitrogen and oxygen atoms in total. The normalized spacial score (nSPS) is 12.7. The van der Waals surface area contributed by atoms with E-state index in [1.807, 2.05) is 20.8 Å². The minimum Gasteiger partial charge on any atom is -0.490 e. The van der Waals surface area contributed by atoms with Crippen molar-refractivity contribution >= 4 is 0 Å². The molecule has 0 unspecified atom stereocenters. The van der Waals surface area contributed by atoms with Crippen LogP contribution < -0.4 is 10.1 Å². The molecule has 1 aromatic carbocycles. The molecule has 0 fully saturated rings. The maximum atomic E-state index is 10.0. The molecule has 0 spiro atoms. The van der Waals surface area contributed by atoms with E-state index < -0.39 is 6.10 Å². The lowest BCUT2D eigenvalue weighted by atomic mass is 10.1. The van der Waals surface area contributed by atoms with Crippen LogP contribution >= 0.6 is 0 Å². The summed E-state index contributed by atoms with van der Waals surface area (Å²) in [7, 11) is 0. The number of hydrogen-bond acceptors (Lipinski definition) is 3. The first-order valence-electron chi connectivity index (χ1n) is 8.22. The Hall–Kier alpha value is -1.10. The average Bonchev–Trinajstić information content (AvgIpc) is 2.46. The van der Waals surface area contributed by atoms with Crippen LogP contribution in [-0.2, 0) is 4.74 Å². The van der Waals surface area contributed by atoms with Crippen molar-refractivity contribution in [1.82, 2.24) is 0 Å². The Morgan fingerprint density at radius 1 is 1.14 bits per heavy atom. The Bertz CT molecular complexity index is 446. The van der Waals surface area contributed by atoms with Gasteiger partial charge < -0.3 is 19.9 Å². The van der Waals surface area contributed by atoms with Crippen molar-refractivity contribution in [1.29, 1.82) is 0 Å². The number of aliphatic hydroxyl groups excluding tert-OH is 1. The zero-order valence-electron chi connectivity index (χ0n) is 14.7. The second-order valence-corrected chi connectivity index (χ2v) is 6.20. The first-order valence-corrected chi connectivity index (χ1v) is 8.22. The van der Waals surface area contributed by atoms with Crippen molar-refractivity contribution in [2.75, 3.05) is 26.3 Å². The zero-order chi connectivity index (χ0) is 16.5. The van der Waals surface area contributed by atoms with Gasteiger partial charge in [-0.3, -0.25) is 0 Å². The van der Waals surface area contributed by atoms with Crippen molar-refractivity contribution in [2.24, 2.45) is 0 Å². The molecule has 0 radical (unpaired) electrons. The Labute approximate surface area is 134 Å². The van der Waals surface area contributed by atoms with Crippen LogP contribution in [0.1, 0.15) is 37.0 Å². The fraction of sp³-hybridized carbons (Fsp3) is 0.667. The number of benzene rings is 1. The number of aryl methyl sites for hydroxylation is 2. The molecule has 0 aliphatic heterocycles. The van der Waals surface area contributed by atoms with E-state index >= 15 is 0 Å².